The van der Waals surface area contributed by atoms with E-state index in [9.17, 15) is 4.79 Å². The first kappa shape index (κ1) is 8.65. The average molecular weight is 258 g/mol. The van der Waals surface area contributed by atoms with Crippen molar-refractivity contribution in [3.8, 4) is 0 Å². The fourth-order valence-electron chi connectivity index (χ4n) is 1.07. The maximum absolute atomic E-state index is 10.7. The van der Waals surface area contributed by atoms with Gasteiger partial charge in [0, 0.05) is 9.86 Å². The van der Waals surface area contributed by atoms with Gasteiger partial charge in [-0.05, 0) is 29.7 Å². The summed E-state index contributed by atoms with van der Waals surface area (Å²) >= 11 is 4.51. The quantitative estimate of drug-likeness (QED) is 0.855. The van der Waals surface area contributed by atoms with Gasteiger partial charge in [0.25, 0.3) is 0 Å². The summed E-state index contributed by atoms with van der Waals surface area (Å²) < 4.78 is 5.67. The molecular weight excluding hydrogens is 254 g/mol. The number of benzene rings is 1. The summed E-state index contributed by atoms with van der Waals surface area (Å²) in [5, 5.41) is 9.47. The molecule has 0 aliphatic heterocycles. The lowest BCUT2D eigenvalue weighted by molar-refractivity contribution is 0.0694. The zero-order valence-electron chi connectivity index (χ0n) is 6.32. The van der Waals surface area contributed by atoms with Gasteiger partial charge in [0.2, 0.25) is 0 Å². The predicted molar refractivity (Wildman–Crippen MR) is 54.3 cm³/mol. The van der Waals surface area contributed by atoms with Crippen molar-refractivity contribution in [1.29, 1.82) is 0 Å². The first-order valence-electron chi connectivity index (χ1n) is 3.47. The second kappa shape index (κ2) is 3.08. The molecule has 66 valence electrons. The minimum absolute atomic E-state index is 0.132. The standard InChI is InChI=1S/C8H4BrNO2S/c9-4-1-2-5-6(3-4)13-10-7(5)8(11)12/h1-3H,(H,11,12). The Morgan fingerprint density at radius 3 is 3.00 bits per heavy atom. The van der Waals surface area contributed by atoms with E-state index in [4.69, 9.17) is 5.11 Å². The van der Waals surface area contributed by atoms with Crippen LogP contribution in [0, 0.1) is 0 Å². The number of fused-ring (bicyclic) bond motifs is 1. The molecule has 2 rings (SSSR count). The number of hydrogen-bond donors (Lipinski definition) is 1. The molecule has 0 amide bonds. The van der Waals surface area contributed by atoms with Crippen molar-refractivity contribution in [1.82, 2.24) is 4.37 Å². The van der Waals surface area contributed by atoms with Crippen LogP contribution in [-0.2, 0) is 0 Å². The third-order valence-corrected chi connectivity index (χ3v) is 2.94. The van der Waals surface area contributed by atoms with Crippen LogP contribution in [0.1, 0.15) is 10.5 Å². The van der Waals surface area contributed by atoms with E-state index in [1.165, 1.54) is 11.5 Å². The summed E-state index contributed by atoms with van der Waals surface area (Å²) in [6, 6.07) is 5.43. The van der Waals surface area contributed by atoms with E-state index in [-0.39, 0.29) is 5.69 Å². The van der Waals surface area contributed by atoms with Gasteiger partial charge in [-0.2, -0.15) is 4.37 Å². The van der Waals surface area contributed by atoms with Crippen LogP contribution >= 0.6 is 27.5 Å². The zero-order chi connectivity index (χ0) is 9.42. The average Bonchev–Trinajstić information content (AvgIpc) is 2.46. The molecule has 0 aliphatic rings. The minimum Gasteiger partial charge on any atom is -0.476 e. The van der Waals surface area contributed by atoms with E-state index in [2.05, 4.69) is 20.3 Å². The molecule has 1 heterocycles. The molecule has 1 aromatic carbocycles. The third kappa shape index (κ3) is 1.45. The van der Waals surface area contributed by atoms with E-state index >= 15 is 0 Å². The van der Waals surface area contributed by atoms with Crippen molar-refractivity contribution < 1.29 is 9.90 Å². The number of halogens is 1. The lowest BCUT2D eigenvalue weighted by atomic mass is 10.2. The smallest absolute Gasteiger partial charge is 0.356 e. The normalized spacial score (nSPS) is 10.5. The summed E-state index contributed by atoms with van der Waals surface area (Å²) in [4.78, 5) is 10.7. The lowest BCUT2D eigenvalue weighted by Crippen LogP contribution is -1.95. The highest BCUT2D eigenvalue weighted by molar-refractivity contribution is 9.10. The summed E-state index contributed by atoms with van der Waals surface area (Å²) in [5.41, 5.74) is 0.132. The van der Waals surface area contributed by atoms with E-state index < -0.39 is 5.97 Å². The van der Waals surface area contributed by atoms with Crippen molar-refractivity contribution in [2.45, 2.75) is 0 Å². The predicted octanol–water partition coefficient (Wildman–Crippen LogP) is 2.76. The molecule has 13 heavy (non-hydrogen) atoms. The maximum Gasteiger partial charge on any atom is 0.356 e. The Bertz CT molecular complexity index is 480. The highest BCUT2D eigenvalue weighted by Gasteiger charge is 2.12. The van der Waals surface area contributed by atoms with Crippen LogP contribution in [0.3, 0.4) is 0 Å². The number of rotatable bonds is 1. The summed E-state index contributed by atoms with van der Waals surface area (Å²) in [6.45, 7) is 0. The minimum atomic E-state index is -0.978. The Morgan fingerprint density at radius 2 is 2.31 bits per heavy atom. The van der Waals surface area contributed by atoms with Crippen molar-refractivity contribution in [3.05, 3.63) is 28.4 Å². The Balaban J connectivity index is 2.76. The number of carboxylic acids is 1. The van der Waals surface area contributed by atoms with E-state index in [1.54, 1.807) is 6.07 Å². The van der Waals surface area contributed by atoms with Crippen LogP contribution in [0.25, 0.3) is 10.1 Å². The molecule has 0 spiro atoms. The number of nitrogens with zero attached hydrogens (tertiary/aromatic N) is 1. The van der Waals surface area contributed by atoms with Gasteiger partial charge in [0.05, 0.1) is 4.70 Å². The molecule has 0 saturated carbocycles. The molecule has 1 N–H and O–H groups in total. The van der Waals surface area contributed by atoms with E-state index in [1.807, 2.05) is 12.1 Å². The monoisotopic (exact) mass is 257 g/mol. The molecule has 1 aromatic heterocycles. The number of aromatic nitrogens is 1. The topological polar surface area (TPSA) is 50.2 Å². The molecule has 5 heteroatoms. The Morgan fingerprint density at radius 1 is 1.54 bits per heavy atom. The van der Waals surface area contributed by atoms with Gasteiger partial charge in [-0.25, -0.2) is 4.79 Å². The lowest BCUT2D eigenvalue weighted by Gasteiger charge is -1.90. The fourth-order valence-corrected chi connectivity index (χ4v) is 2.39. The molecule has 2 aromatic rings. The number of carboxylic acid groups (broad SMARTS) is 1. The van der Waals surface area contributed by atoms with Gasteiger partial charge in [-0.15, -0.1) is 0 Å². The van der Waals surface area contributed by atoms with Gasteiger partial charge in [0.15, 0.2) is 5.69 Å². The molecule has 0 bridgehead atoms. The van der Waals surface area contributed by atoms with Crippen LogP contribution in [0.4, 0.5) is 0 Å². The fraction of sp³-hybridized carbons (Fsp3) is 0. The Kier molecular flexibility index (Phi) is 2.05. The van der Waals surface area contributed by atoms with Gasteiger partial charge in [0.1, 0.15) is 0 Å². The number of hydrogen-bond acceptors (Lipinski definition) is 3. The summed E-state index contributed by atoms with van der Waals surface area (Å²) in [6.07, 6.45) is 0. The van der Waals surface area contributed by atoms with Crippen LogP contribution in [0.5, 0.6) is 0 Å². The van der Waals surface area contributed by atoms with Gasteiger partial charge >= 0.3 is 5.97 Å². The second-order valence-corrected chi connectivity index (χ2v) is 4.20. The molecule has 0 fully saturated rings. The first-order chi connectivity index (χ1) is 6.18. The molecule has 3 nitrogen and oxygen atoms in total. The van der Waals surface area contributed by atoms with Crippen molar-refractivity contribution in [3.63, 3.8) is 0 Å². The number of carbonyl (C=O) groups is 1. The van der Waals surface area contributed by atoms with E-state index in [0.717, 1.165) is 9.17 Å². The van der Waals surface area contributed by atoms with Crippen LogP contribution in [-0.4, -0.2) is 15.4 Å². The van der Waals surface area contributed by atoms with Crippen molar-refractivity contribution in [2.75, 3.05) is 0 Å². The largest absolute Gasteiger partial charge is 0.476 e. The van der Waals surface area contributed by atoms with Gasteiger partial charge < -0.3 is 5.11 Å². The Labute approximate surface area is 86.3 Å². The third-order valence-electron chi connectivity index (χ3n) is 1.64. The Hall–Kier alpha value is -0.940. The van der Waals surface area contributed by atoms with Crippen LogP contribution in [0.2, 0.25) is 0 Å². The van der Waals surface area contributed by atoms with Gasteiger partial charge in [-0.3, -0.25) is 0 Å². The summed E-state index contributed by atoms with van der Waals surface area (Å²) in [5.74, 6) is -0.978. The number of aromatic carboxylic acids is 1. The molecule has 0 atom stereocenters. The molecule has 0 radical (unpaired) electrons. The van der Waals surface area contributed by atoms with Crippen molar-refractivity contribution in [2.24, 2.45) is 0 Å². The molecule has 0 unspecified atom stereocenters. The highest BCUT2D eigenvalue weighted by Crippen LogP contribution is 2.25. The molecule has 0 saturated heterocycles. The SMILES string of the molecule is O=C(O)c1nsc2cc(Br)ccc12. The maximum atomic E-state index is 10.7. The second-order valence-electron chi connectivity index (χ2n) is 2.48. The first-order valence-corrected chi connectivity index (χ1v) is 5.03. The van der Waals surface area contributed by atoms with Crippen LogP contribution in [0.15, 0.2) is 22.7 Å². The molecule has 0 aliphatic carbocycles. The molecular formula is C8H4BrNO2S. The van der Waals surface area contributed by atoms with Crippen LogP contribution < -0.4 is 0 Å². The zero-order valence-corrected chi connectivity index (χ0v) is 8.72. The summed E-state index contributed by atoms with van der Waals surface area (Å²) in [7, 11) is 0. The van der Waals surface area contributed by atoms with Crippen molar-refractivity contribution >= 4 is 43.5 Å². The highest BCUT2D eigenvalue weighted by atomic mass is 79.9. The van der Waals surface area contributed by atoms with Gasteiger partial charge in [-0.1, -0.05) is 15.9 Å². The van der Waals surface area contributed by atoms with E-state index in [0.29, 0.717) is 5.39 Å².